The summed E-state index contributed by atoms with van der Waals surface area (Å²) in [7, 11) is 0. The number of aromatic nitrogens is 1. The minimum atomic E-state index is -0.939. The standard InChI is InChI=1S/C29H29ClN2O2/c1-2-29(34)17-19-32(21-28(29)33)18-3-4-22-5-7-23(8-6-22)9-15-27-16-12-25(20-31-27)24-10-13-26(30)14-11-24/h3-8,10-14,16,20,28,33-34H,2,17-19,21H2,1H3/t28-,29+/m0/s1. The van der Waals surface area contributed by atoms with E-state index >= 15 is 0 Å². The van der Waals surface area contributed by atoms with E-state index in [1.54, 1.807) is 0 Å². The number of hydrogen-bond donors (Lipinski definition) is 2. The molecule has 2 N–H and O–H groups in total. The number of nitrogens with zero attached hydrogens (tertiary/aromatic N) is 2. The van der Waals surface area contributed by atoms with Gasteiger partial charge in [0.25, 0.3) is 0 Å². The SMILES string of the molecule is CC[C@@]1(O)CCN(CC=Cc2ccc(C#Cc3ccc(-c4ccc(Cl)cc4)cn3)cc2)C[C@@H]1O. The summed E-state index contributed by atoms with van der Waals surface area (Å²) in [5, 5.41) is 21.3. The Morgan fingerprint density at radius 2 is 1.79 bits per heavy atom. The molecule has 0 radical (unpaired) electrons. The molecule has 0 unspecified atom stereocenters. The van der Waals surface area contributed by atoms with Crippen LogP contribution in [0.1, 0.15) is 36.6 Å². The van der Waals surface area contributed by atoms with Crippen molar-refractivity contribution in [1.29, 1.82) is 0 Å². The first kappa shape index (κ1) is 24.2. The average molecular weight is 473 g/mol. The Balaban J connectivity index is 1.31. The van der Waals surface area contributed by atoms with Gasteiger partial charge in [0, 0.05) is 42.0 Å². The topological polar surface area (TPSA) is 56.6 Å². The van der Waals surface area contributed by atoms with Crippen LogP contribution < -0.4 is 0 Å². The molecule has 0 amide bonds. The lowest BCUT2D eigenvalue weighted by Crippen LogP contribution is -2.55. The molecule has 4 nitrogen and oxygen atoms in total. The van der Waals surface area contributed by atoms with Crippen molar-refractivity contribution in [2.24, 2.45) is 0 Å². The zero-order chi connectivity index (χ0) is 24.0. The second kappa shape index (κ2) is 11.0. The summed E-state index contributed by atoms with van der Waals surface area (Å²) in [6.45, 7) is 3.95. The quantitative estimate of drug-likeness (QED) is 0.512. The summed E-state index contributed by atoms with van der Waals surface area (Å²) in [5.74, 6) is 6.29. The maximum atomic E-state index is 10.4. The van der Waals surface area contributed by atoms with Crippen molar-refractivity contribution in [3.8, 4) is 23.0 Å². The Morgan fingerprint density at radius 3 is 2.44 bits per heavy atom. The lowest BCUT2D eigenvalue weighted by molar-refractivity contribution is -0.118. The number of β-amino-alcohol motifs (C(OH)–C–C–N with tert-alkyl or cyclic N) is 1. The Kier molecular flexibility index (Phi) is 7.82. The van der Waals surface area contributed by atoms with Crippen LogP contribution in [-0.4, -0.2) is 51.4 Å². The first-order chi connectivity index (χ1) is 16.4. The van der Waals surface area contributed by atoms with Gasteiger partial charge in [-0.05, 0) is 60.2 Å². The molecule has 34 heavy (non-hydrogen) atoms. The largest absolute Gasteiger partial charge is 0.389 e. The van der Waals surface area contributed by atoms with E-state index in [-0.39, 0.29) is 0 Å². The Labute approximate surface area is 206 Å². The number of aliphatic hydroxyl groups excluding tert-OH is 1. The summed E-state index contributed by atoms with van der Waals surface area (Å²) < 4.78 is 0. The van der Waals surface area contributed by atoms with Crippen molar-refractivity contribution in [3.05, 3.63) is 94.8 Å². The summed E-state index contributed by atoms with van der Waals surface area (Å²) in [6, 6.07) is 19.7. The highest BCUT2D eigenvalue weighted by atomic mass is 35.5. The molecule has 0 spiro atoms. The third-order valence-electron chi connectivity index (χ3n) is 6.39. The second-order valence-corrected chi connectivity index (χ2v) is 9.13. The van der Waals surface area contributed by atoms with E-state index in [9.17, 15) is 10.2 Å². The number of pyridine rings is 1. The maximum absolute atomic E-state index is 10.4. The van der Waals surface area contributed by atoms with Crippen LogP contribution in [0.2, 0.25) is 5.02 Å². The molecular weight excluding hydrogens is 444 g/mol. The van der Waals surface area contributed by atoms with Gasteiger partial charge in [-0.1, -0.05) is 66.9 Å². The molecule has 1 saturated heterocycles. The van der Waals surface area contributed by atoms with Crippen LogP contribution in [0.15, 0.2) is 72.9 Å². The molecule has 5 heteroatoms. The maximum Gasteiger partial charge on any atom is 0.113 e. The van der Waals surface area contributed by atoms with Gasteiger partial charge in [0.15, 0.2) is 0 Å². The zero-order valence-corrected chi connectivity index (χ0v) is 20.0. The molecule has 1 aliphatic heterocycles. The summed E-state index contributed by atoms with van der Waals surface area (Å²) in [4.78, 5) is 6.62. The van der Waals surface area contributed by atoms with Gasteiger partial charge >= 0.3 is 0 Å². The summed E-state index contributed by atoms with van der Waals surface area (Å²) in [6.07, 6.45) is 6.48. The number of piperidine rings is 1. The highest BCUT2D eigenvalue weighted by Gasteiger charge is 2.38. The highest BCUT2D eigenvalue weighted by molar-refractivity contribution is 6.30. The van der Waals surface area contributed by atoms with Crippen LogP contribution in [-0.2, 0) is 0 Å². The zero-order valence-electron chi connectivity index (χ0n) is 19.3. The van der Waals surface area contributed by atoms with Gasteiger partial charge in [0.05, 0.1) is 11.7 Å². The van der Waals surface area contributed by atoms with Gasteiger partial charge in [-0.3, -0.25) is 4.90 Å². The number of likely N-dealkylation sites (tertiary alicyclic amines) is 1. The van der Waals surface area contributed by atoms with E-state index in [1.165, 1.54) is 0 Å². The van der Waals surface area contributed by atoms with Crippen molar-refractivity contribution in [1.82, 2.24) is 9.88 Å². The van der Waals surface area contributed by atoms with E-state index in [0.29, 0.717) is 24.4 Å². The third-order valence-corrected chi connectivity index (χ3v) is 6.64. The van der Waals surface area contributed by atoms with E-state index < -0.39 is 11.7 Å². The Bertz CT molecular complexity index is 1180. The molecule has 4 rings (SSSR count). The van der Waals surface area contributed by atoms with Crippen molar-refractivity contribution < 1.29 is 10.2 Å². The van der Waals surface area contributed by atoms with Gasteiger partial charge in [-0.2, -0.15) is 0 Å². The third kappa shape index (κ3) is 6.14. The van der Waals surface area contributed by atoms with Crippen molar-refractivity contribution in [2.75, 3.05) is 19.6 Å². The smallest absolute Gasteiger partial charge is 0.113 e. The van der Waals surface area contributed by atoms with Crippen molar-refractivity contribution in [2.45, 2.75) is 31.5 Å². The van der Waals surface area contributed by atoms with E-state index in [0.717, 1.165) is 41.0 Å². The van der Waals surface area contributed by atoms with E-state index in [1.807, 2.05) is 73.8 Å². The molecule has 2 aromatic carbocycles. The van der Waals surface area contributed by atoms with Crippen molar-refractivity contribution in [3.63, 3.8) is 0 Å². The van der Waals surface area contributed by atoms with Crippen LogP contribution in [0, 0.1) is 11.8 Å². The summed E-state index contributed by atoms with van der Waals surface area (Å²) >= 11 is 5.95. The minimum Gasteiger partial charge on any atom is -0.389 e. The van der Waals surface area contributed by atoms with Crippen LogP contribution >= 0.6 is 11.6 Å². The van der Waals surface area contributed by atoms with Gasteiger partial charge < -0.3 is 10.2 Å². The number of halogens is 1. The highest BCUT2D eigenvalue weighted by Crippen LogP contribution is 2.25. The molecule has 2 heterocycles. The normalized spacial score (nSPS) is 20.8. The number of hydrogen-bond acceptors (Lipinski definition) is 4. The molecule has 174 valence electrons. The fourth-order valence-electron chi connectivity index (χ4n) is 4.03. The fourth-order valence-corrected chi connectivity index (χ4v) is 4.16. The molecule has 0 aliphatic carbocycles. The molecule has 0 saturated carbocycles. The fraction of sp³-hybridized carbons (Fsp3) is 0.276. The van der Waals surface area contributed by atoms with Gasteiger partial charge in [-0.15, -0.1) is 0 Å². The Hall–Kier alpha value is -2.94. The van der Waals surface area contributed by atoms with Crippen LogP contribution in [0.3, 0.4) is 0 Å². The van der Waals surface area contributed by atoms with Crippen LogP contribution in [0.4, 0.5) is 0 Å². The molecular formula is C29H29ClN2O2. The molecule has 3 aromatic rings. The van der Waals surface area contributed by atoms with Crippen LogP contribution in [0.25, 0.3) is 17.2 Å². The van der Waals surface area contributed by atoms with Gasteiger partial charge in [-0.25, -0.2) is 4.98 Å². The summed E-state index contributed by atoms with van der Waals surface area (Å²) in [5.41, 5.74) is 3.90. The van der Waals surface area contributed by atoms with Gasteiger partial charge in [0.1, 0.15) is 5.69 Å². The molecule has 1 fully saturated rings. The first-order valence-electron chi connectivity index (χ1n) is 11.6. The number of benzene rings is 2. The van der Waals surface area contributed by atoms with Gasteiger partial charge in [0.2, 0.25) is 0 Å². The second-order valence-electron chi connectivity index (χ2n) is 8.70. The number of rotatable bonds is 5. The van der Waals surface area contributed by atoms with Crippen molar-refractivity contribution >= 4 is 17.7 Å². The predicted octanol–water partition coefficient (Wildman–Crippen LogP) is 5.02. The monoisotopic (exact) mass is 472 g/mol. The number of aliphatic hydroxyl groups is 2. The minimum absolute atomic E-state index is 0.498. The lowest BCUT2D eigenvalue weighted by atomic mass is 9.86. The molecule has 1 aromatic heterocycles. The van der Waals surface area contributed by atoms with E-state index in [4.69, 9.17) is 11.6 Å². The molecule has 2 atom stereocenters. The predicted molar refractivity (Wildman–Crippen MR) is 138 cm³/mol. The van der Waals surface area contributed by atoms with Crippen LogP contribution in [0.5, 0.6) is 0 Å². The average Bonchev–Trinajstić information content (AvgIpc) is 2.86. The van der Waals surface area contributed by atoms with E-state index in [2.05, 4.69) is 33.9 Å². The first-order valence-corrected chi connectivity index (χ1v) is 12.0. The molecule has 0 bridgehead atoms. The lowest BCUT2D eigenvalue weighted by Gasteiger charge is -2.41. The molecule has 1 aliphatic rings. The Morgan fingerprint density at radius 1 is 1.06 bits per heavy atom.